The SMILES string of the molecule is CCC1CCNCC1c1ccc(-c2ccc(OC)cc2)cn1. The van der Waals surface area contributed by atoms with Gasteiger partial charge in [-0.1, -0.05) is 31.5 Å². The summed E-state index contributed by atoms with van der Waals surface area (Å²) in [5, 5.41) is 3.50. The summed E-state index contributed by atoms with van der Waals surface area (Å²) >= 11 is 0. The van der Waals surface area contributed by atoms with E-state index in [0.29, 0.717) is 5.92 Å². The Kier molecular flexibility index (Phi) is 4.74. The second kappa shape index (κ2) is 6.93. The molecule has 3 heteroatoms. The van der Waals surface area contributed by atoms with E-state index in [0.717, 1.165) is 30.3 Å². The molecule has 22 heavy (non-hydrogen) atoms. The third-order valence-electron chi connectivity index (χ3n) is 4.74. The zero-order chi connectivity index (χ0) is 15.4. The van der Waals surface area contributed by atoms with Gasteiger partial charge >= 0.3 is 0 Å². The van der Waals surface area contributed by atoms with Crippen LogP contribution >= 0.6 is 0 Å². The first kappa shape index (κ1) is 15.0. The molecule has 2 atom stereocenters. The predicted molar refractivity (Wildman–Crippen MR) is 90.2 cm³/mol. The Morgan fingerprint density at radius 2 is 1.91 bits per heavy atom. The van der Waals surface area contributed by atoms with Crippen LogP contribution in [0.3, 0.4) is 0 Å². The van der Waals surface area contributed by atoms with E-state index < -0.39 is 0 Å². The number of aromatic nitrogens is 1. The number of benzene rings is 1. The fourth-order valence-electron chi connectivity index (χ4n) is 3.33. The lowest BCUT2D eigenvalue weighted by molar-refractivity contribution is 0.311. The number of pyridine rings is 1. The summed E-state index contributed by atoms with van der Waals surface area (Å²) in [5.41, 5.74) is 3.55. The highest BCUT2D eigenvalue weighted by Crippen LogP contribution is 2.31. The molecule has 1 aromatic heterocycles. The van der Waals surface area contributed by atoms with Crippen LogP contribution in [0.25, 0.3) is 11.1 Å². The minimum atomic E-state index is 0.545. The van der Waals surface area contributed by atoms with Gasteiger partial charge in [0.2, 0.25) is 0 Å². The number of ether oxygens (including phenoxy) is 1. The molecule has 1 fully saturated rings. The summed E-state index contributed by atoms with van der Waals surface area (Å²) in [7, 11) is 1.69. The van der Waals surface area contributed by atoms with Crippen molar-refractivity contribution < 1.29 is 4.74 Å². The van der Waals surface area contributed by atoms with Gasteiger partial charge in [0.15, 0.2) is 0 Å². The van der Waals surface area contributed by atoms with E-state index in [1.807, 2.05) is 18.3 Å². The van der Waals surface area contributed by atoms with Crippen LogP contribution in [0.5, 0.6) is 5.75 Å². The van der Waals surface area contributed by atoms with Crippen molar-refractivity contribution in [1.29, 1.82) is 0 Å². The second-order valence-electron chi connectivity index (χ2n) is 5.97. The van der Waals surface area contributed by atoms with E-state index in [1.54, 1.807) is 7.11 Å². The monoisotopic (exact) mass is 296 g/mol. The van der Waals surface area contributed by atoms with E-state index in [1.165, 1.54) is 24.1 Å². The Morgan fingerprint density at radius 1 is 1.14 bits per heavy atom. The van der Waals surface area contributed by atoms with Crippen LogP contribution in [-0.2, 0) is 0 Å². The summed E-state index contributed by atoms with van der Waals surface area (Å²) in [4.78, 5) is 4.75. The first-order valence-electron chi connectivity index (χ1n) is 8.13. The molecular weight excluding hydrogens is 272 g/mol. The minimum absolute atomic E-state index is 0.545. The maximum Gasteiger partial charge on any atom is 0.118 e. The van der Waals surface area contributed by atoms with Crippen molar-refractivity contribution in [3.63, 3.8) is 0 Å². The molecule has 0 saturated carbocycles. The van der Waals surface area contributed by atoms with Gasteiger partial charge in [-0.3, -0.25) is 4.98 Å². The Balaban J connectivity index is 1.79. The van der Waals surface area contributed by atoms with Crippen LogP contribution in [0.4, 0.5) is 0 Å². The third kappa shape index (κ3) is 3.14. The highest BCUT2D eigenvalue weighted by atomic mass is 16.5. The largest absolute Gasteiger partial charge is 0.497 e. The van der Waals surface area contributed by atoms with E-state index in [4.69, 9.17) is 9.72 Å². The summed E-state index contributed by atoms with van der Waals surface area (Å²) in [6.45, 7) is 4.47. The third-order valence-corrected chi connectivity index (χ3v) is 4.74. The van der Waals surface area contributed by atoms with Gasteiger partial charge in [-0.15, -0.1) is 0 Å². The lowest BCUT2D eigenvalue weighted by Crippen LogP contribution is -2.35. The fourth-order valence-corrected chi connectivity index (χ4v) is 3.33. The van der Waals surface area contributed by atoms with Gasteiger partial charge in [0, 0.05) is 29.9 Å². The zero-order valence-electron chi connectivity index (χ0n) is 13.4. The van der Waals surface area contributed by atoms with Crippen molar-refractivity contribution in [3.8, 4) is 16.9 Å². The molecule has 1 aliphatic rings. The molecule has 2 heterocycles. The lowest BCUT2D eigenvalue weighted by Gasteiger charge is -2.31. The molecule has 0 radical (unpaired) electrons. The molecule has 1 aliphatic heterocycles. The first-order valence-corrected chi connectivity index (χ1v) is 8.13. The van der Waals surface area contributed by atoms with Crippen LogP contribution in [-0.4, -0.2) is 25.2 Å². The number of hydrogen-bond donors (Lipinski definition) is 1. The van der Waals surface area contributed by atoms with Crippen LogP contribution in [0.1, 0.15) is 31.4 Å². The molecule has 0 bridgehead atoms. The van der Waals surface area contributed by atoms with Crippen molar-refractivity contribution in [3.05, 3.63) is 48.3 Å². The summed E-state index contributed by atoms with van der Waals surface area (Å²) in [6.07, 6.45) is 4.48. The van der Waals surface area contributed by atoms with Gasteiger partial charge in [0.25, 0.3) is 0 Å². The molecule has 116 valence electrons. The molecule has 3 nitrogen and oxygen atoms in total. The normalized spacial score (nSPS) is 21.5. The minimum Gasteiger partial charge on any atom is -0.497 e. The number of hydrogen-bond acceptors (Lipinski definition) is 3. The van der Waals surface area contributed by atoms with Crippen LogP contribution < -0.4 is 10.1 Å². The molecule has 0 spiro atoms. The van der Waals surface area contributed by atoms with Gasteiger partial charge in [-0.05, 0) is 42.6 Å². The topological polar surface area (TPSA) is 34.1 Å². The molecule has 2 aromatic rings. The summed E-state index contributed by atoms with van der Waals surface area (Å²) < 4.78 is 5.21. The first-order chi connectivity index (χ1) is 10.8. The van der Waals surface area contributed by atoms with Crippen molar-refractivity contribution in [1.82, 2.24) is 10.3 Å². The van der Waals surface area contributed by atoms with E-state index >= 15 is 0 Å². The smallest absolute Gasteiger partial charge is 0.118 e. The average molecular weight is 296 g/mol. The van der Waals surface area contributed by atoms with Crippen LogP contribution in [0, 0.1) is 5.92 Å². The second-order valence-corrected chi connectivity index (χ2v) is 5.97. The molecule has 1 aromatic carbocycles. The Hall–Kier alpha value is -1.87. The van der Waals surface area contributed by atoms with Crippen LogP contribution in [0.15, 0.2) is 42.6 Å². The van der Waals surface area contributed by atoms with Crippen molar-refractivity contribution in [2.75, 3.05) is 20.2 Å². The fraction of sp³-hybridized carbons (Fsp3) is 0.421. The molecule has 3 rings (SSSR count). The average Bonchev–Trinajstić information content (AvgIpc) is 2.62. The number of nitrogens with zero attached hydrogens (tertiary/aromatic N) is 1. The number of piperidine rings is 1. The van der Waals surface area contributed by atoms with E-state index in [-0.39, 0.29) is 0 Å². The molecule has 2 unspecified atom stereocenters. The molecule has 1 saturated heterocycles. The van der Waals surface area contributed by atoms with Gasteiger partial charge < -0.3 is 10.1 Å². The van der Waals surface area contributed by atoms with Gasteiger partial charge in [0.1, 0.15) is 5.75 Å². The number of rotatable bonds is 4. The van der Waals surface area contributed by atoms with Crippen molar-refractivity contribution >= 4 is 0 Å². The Labute approximate surface area is 132 Å². The number of methoxy groups -OCH3 is 1. The van der Waals surface area contributed by atoms with Crippen molar-refractivity contribution in [2.24, 2.45) is 5.92 Å². The molecular formula is C19H24N2O. The Bertz CT molecular complexity index is 592. The van der Waals surface area contributed by atoms with Gasteiger partial charge in [-0.2, -0.15) is 0 Å². The molecule has 1 N–H and O–H groups in total. The Morgan fingerprint density at radius 3 is 2.55 bits per heavy atom. The molecule has 0 amide bonds. The zero-order valence-corrected chi connectivity index (χ0v) is 13.4. The van der Waals surface area contributed by atoms with Gasteiger partial charge in [0.05, 0.1) is 7.11 Å². The summed E-state index contributed by atoms with van der Waals surface area (Å²) in [6, 6.07) is 12.5. The quantitative estimate of drug-likeness (QED) is 0.930. The standard InChI is InChI=1S/C19H24N2O/c1-3-14-10-11-20-13-18(14)19-9-6-16(12-21-19)15-4-7-17(22-2)8-5-15/h4-9,12,14,18,20H,3,10-11,13H2,1-2H3. The van der Waals surface area contributed by atoms with E-state index in [9.17, 15) is 0 Å². The van der Waals surface area contributed by atoms with Crippen LogP contribution in [0.2, 0.25) is 0 Å². The predicted octanol–water partition coefficient (Wildman–Crippen LogP) is 3.86. The maximum atomic E-state index is 5.21. The van der Waals surface area contributed by atoms with Crippen molar-refractivity contribution in [2.45, 2.75) is 25.7 Å². The molecule has 0 aliphatic carbocycles. The lowest BCUT2D eigenvalue weighted by atomic mass is 9.82. The van der Waals surface area contributed by atoms with E-state index in [2.05, 4.69) is 36.5 Å². The van der Waals surface area contributed by atoms with Gasteiger partial charge in [-0.25, -0.2) is 0 Å². The maximum absolute atomic E-state index is 5.21. The number of nitrogens with one attached hydrogen (secondary N) is 1. The highest BCUT2D eigenvalue weighted by molar-refractivity contribution is 5.63. The highest BCUT2D eigenvalue weighted by Gasteiger charge is 2.25. The summed E-state index contributed by atoms with van der Waals surface area (Å²) in [5.74, 6) is 2.18.